The van der Waals surface area contributed by atoms with Crippen LogP contribution in [0, 0.1) is 13.8 Å². The molecule has 1 aromatic heterocycles. The predicted octanol–water partition coefficient (Wildman–Crippen LogP) is 4.16. The number of hydrogen-bond acceptors (Lipinski definition) is 2. The summed E-state index contributed by atoms with van der Waals surface area (Å²) >= 11 is 6.10. The van der Waals surface area contributed by atoms with E-state index in [4.69, 9.17) is 11.6 Å². The quantitative estimate of drug-likeness (QED) is 0.793. The Morgan fingerprint density at radius 1 is 1.30 bits per heavy atom. The summed E-state index contributed by atoms with van der Waals surface area (Å²) in [5.41, 5.74) is 3.93. The predicted molar refractivity (Wildman–Crippen MR) is 81.6 cm³/mol. The number of aromatic nitrogens is 2. The second-order valence-electron chi connectivity index (χ2n) is 5.40. The zero-order valence-corrected chi connectivity index (χ0v) is 13.0. The topological polar surface area (TPSA) is 34.9 Å². The van der Waals surface area contributed by atoms with E-state index in [1.807, 2.05) is 26.0 Å². The smallest absolute Gasteiger partial charge is 0.186 e. The van der Waals surface area contributed by atoms with E-state index >= 15 is 0 Å². The third-order valence-corrected chi connectivity index (χ3v) is 3.72. The molecule has 0 unspecified atom stereocenters. The molecule has 4 heteroatoms. The molecule has 20 heavy (non-hydrogen) atoms. The molecule has 0 amide bonds. The molecule has 3 nitrogen and oxygen atoms in total. The van der Waals surface area contributed by atoms with Crippen molar-refractivity contribution in [3.8, 4) is 0 Å². The van der Waals surface area contributed by atoms with Crippen LogP contribution in [0.3, 0.4) is 0 Å². The van der Waals surface area contributed by atoms with Gasteiger partial charge in [0.25, 0.3) is 0 Å². The molecule has 1 heterocycles. The SMILES string of the molecule is Cc1ccc(CC(=O)c2c(Cl)cnn2C(C)C)cc1C. The molecule has 0 spiro atoms. The monoisotopic (exact) mass is 290 g/mol. The molecule has 0 saturated heterocycles. The van der Waals surface area contributed by atoms with E-state index in [0.717, 1.165) is 5.56 Å². The Kier molecular flexibility index (Phi) is 4.29. The van der Waals surface area contributed by atoms with E-state index in [1.165, 1.54) is 17.3 Å². The minimum absolute atomic E-state index is 0.00412. The molecule has 0 saturated carbocycles. The zero-order valence-electron chi connectivity index (χ0n) is 12.3. The van der Waals surface area contributed by atoms with Gasteiger partial charge in [-0.1, -0.05) is 29.8 Å². The van der Waals surface area contributed by atoms with E-state index in [0.29, 0.717) is 17.1 Å². The van der Waals surface area contributed by atoms with Crippen molar-refractivity contribution in [1.82, 2.24) is 9.78 Å². The molecule has 0 aliphatic heterocycles. The van der Waals surface area contributed by atoms with Crippen LogP contribution in [0.2, 0.25) is 5.02 Å². The number of aryl methyl sites for hydroxylation is 2. The Morgan fingerprint density at radius 2 is 2.00 bits per heavy atom. The Morgan fingerprint density at radius 3 is 2.60 bits per heavy atom. The molecular formula is C16H19ClN2O. The van der Waals surface area contributed by atoms with Crippen molar-refractivity contribution in [2.75, 3.05) is 0 Å². The summed E-state index contributed by atoms with van der Waals surface area (Å²) in [6.45, 7) is 8.08. The number of nitrogens with zero attached hydrogens (tertiary/aromatic N) is 2. The molecule has 1 aromatic carbocycles. The maximum Gasteiger partial charge on any atom is 0.186 e. The molecule has 0 aliphatic rings. The lowest BCUT2D eigenvalue weighted by Crippen LogP contribution is -2.14. The van der Waals surface area contributed by atoms with Crippen LogP contribution in [0.25, 0.3) is 0 Å². The number of carbonyl (C=O) groups excluding carboxylic acids is 1. The second-order valence-corrected chi connectivity index (χ2v) is 5.81. The van der Waals surface area contributed by atoms with Gasteiger partial charge in [-0.15, -0.1) is 0 Å². The largest absolute Gasteiger partial charge is 0.292 e. The molecule has 106 valence electrons. The first-order valence-electron chi connectivity index (χ1n) is 6.72. The molecular weight excluding hydrogens is 272 g/mol. The van der Waals surface area contributed by atoms with Crippen LogP contribution in [-0.2, 0) is 6.42 Å². The third-order valence-electron chi connectivity index (χ3n) is 3.44. The van der Waals surface area contributed by atoms with Crippen LogP contribution < -0.4 is 0 Å². The Bertz CT molecular complexity index is 644. The summed E-state index contributed by atoms with van der Waals surface area (Å²) in [6.07, 6.45) is 1.88. The van der Waals surface area contributed by atoms with Gasteiger partial charge in [-0.25, -0.2) is 0 Å². The van der Waals surface area contributed by atoms with Crippen LogP contribution in [-0.4, -0.2) is 15.6 Å². The van der Waals surface area contributed by atoms with Gasteiger partial charge < -0.3 is 0 Å². The van der Waals surface area contributed by atoms with Gasteiger partial charge in [0.1, 0.15) is 5.69 Å². The van der Waals surface area contributed by atoms with E-state index in [9.17, 15) is 4.79 Å². The Balaban J connectivity index is 2.28. The second kappa shape index (κ2) is 5.80. The van der Waals surface area contributed by atoms with Crippen molar-refractivity contribution in [3.05, 3.63) is 51.8 Å². The molecule has 0 radical (unpaired) electrons. The number of ketones is 1. The van der Waals surface area contributed by atoms with Gasteiger partial charge in [0.15, 0.2) is 5.78 Å². The van der Waals surface area contributed by atoms with E-state index in [1.54, 1.807) is 4.68 Å². The summed E-state index contributed by atoms with van der Waals surface area (Å²) in [6, 6.07) is 6.20. The number of hydrogen-bond donors (Lipinski definition) is 0. The number of rotatable bonds is 4. The normalized spacial score (nSPS) is 11.1. The van der Waals surface area contributed by atoms with E-state index < -0.39 is 0 Å². The molecule has 0 aliphatic carbocycles. The van der Waals surface area contributed by atoms with Crippen molar-refractivity contribution in [2.45, 2.75) is 40.2 Å². The lowest BCUT2D eigenvalue weighted by Gasteiger charge is -2.11. The highest BCUT2D eigenvalue weighted by Crippen LogP contribution is 2.21. The van der Waals surface area contributed by atoms with Gasteiger partial charge in [0.05, 0.1) is 11.2 Å². The van der Waals surface area contributed by atoms with Gasteiger partial charge in [0, 0.05) is 12.5 Å². The molecule has 0 fully saturated rings. The van der Waals surface area contributed by atoms with Gasteiger partial charge in [-0.3, -0.25) is 9.48 Å². The lowest BCUT2D eigenvalue weighted by atomic mass is 10.0. The number of benzene rings is 1. The molecule has 0 N–H and O–H groups in total. The van der Waals surface area contributed by atoms with Gasteiger partial charge in [0.2, 0.25) is 0 Å². The zero-order chi connectivity index (χ0) is 14.9. The molecule has 2 rings (SSSR count). The van der Waals surface area contributed by atoms with Crippen LogP contribution >= 0.6 is 11.6 Å². The average Bonchev–Trinajstić information content (AvgIpc) is 2.76. The lowest BCUT2D eigenvalue weighted by molar-refractivity contribution is 0.0981. The number of halogens is 1. The molecule has 0 bridgehead atoms. The van der Waals surface area contributed by atoms with Crippen LogP contribution in [0.5, 0.6) is 0 Å². The Hall–Kier alpha value is -1.61. The first kappa shape index (κ1) is 14.8. The highest BCUT2D eigenvalue weighted by atomic mass is 35.5. The first-order chi connectivity index (χ1) is 9.40. The highest BCUT2D eigenvalue weighted by molar-refractivity contribution is 6.33. The van der Waals surface area contributed by atoms with Gasteiger partial charge >= 0.3 is 0 Å². The summed E-state index contributed by atoms with van der Waals surface area (Å²) in [5, 5.41) is 4.60. The van der Waals surface area contributed by atoms with E-state index in [-0.39, 0.29) is 11.8 Å². The fourth-order valence-corrected chi connectivity index (χ4v) is 2.41. The van der Waals surface area contributed by atoms with E-state index in [2.05, 4.69) is 25.0 Å². The van der Waals surface area contributed by atoms with Crippen molar-refractivity contribution in [3.63, 3.8) is 0 Å². The Labute approximate surface area is 124 Å². The summed E-state index contributed by atoms with van der Waals surface area (Å²) in [5.74, 6) is 0.00412. The number of Topliss-reactive ketones (excluding diaryl/α,β-unsaturated/α-hetero) is 1. The van der Waals surface area contributed by atoms with Crippen molar-refractivity contribution in [1.29, 1.82) is 0 Å². The maximum absolute atomic E-state index is 12.5. The summed E-state index contributed by atoms with van der Waals surface area (Å²) in [7, 11) is 0. The van der Waals surface area contributed by atoms with Crippen molar-refractivity contribution < 1.29 is 4.79 Å². The fraction of sp³-hybridized carbons (Fsp3) is 0.375. The third kappa shape index (κ3) is 2.93. The van der Waals surface area contributed by atoms with Crippen molar-refractivity contribution in [2.24, 2.45) is 0 Å². The van der Waals surface area contributed by atoms with Crippen LogP contribution in [0.1, 0.15) is 47.1 Å². The number of carbonyl (C=O) groups is 1. The van der Waals surface area contributed by atoms with Crippen LogP contribution in [0.15, 0.2) is 24.4 Å². The average molecular weight is 291 g/mol. The highest BCUT2D eigenvalue weighted by Gasteiger charge is 2.19. The minimum Gasteiger partial charge on any atom is -0.292 e. The summed E-state index contributed by atoms with van der Waals surface area (Å²) in [4.78, 5) is 12.5. The molecule has 0 atom stereocenters. The summed E-state index contributed by atoms with van der Waals surface area (Å²) < 4.78 is 1.69. The maximum atomic E-state index is 12.5. The fourth-order valence-electron chi connectivity index (χ4n) is 2.18. The van der Waals surface area contributed by atoms with Gasteiger partial charge in [-0.05, 0) is 44.4 Å². The first-order valence-corrected chi connectivity index (χ1v) is 7.10. The standard InChI is InChI=1S/C16H19ClN2O/c1-10(2)19-16(14(17)9-18-19)15(20)8-13-6-5-11(3)12(4)7-13/h5-7,9-10H,8H2,1-4H3. The molecule has 2 aromatic rings. The van der Waals surface area contributed by atoms with Crippen LogP contribution in [0.4, 0.5) is 0 Å². The van der Waals surface area contributed by atoms with Gasteiger partial charge in [-0.2, -0.15) is 5.10 Å². The minimum atomic E-state index is 0.00412. The van der Waals surface area contributed by atoms with Crippen molar-refractivity contribution >= 4 is 17.4 Å².